The van der Waals surface area contributed by atoms with Gasteiger partial charge in [-0.25, -0.2) is 4.79 Å². The summed E-state index contributed by atoms with van der Waals surface area (Å²) in [6, 6.07) is 31.2. The van der Waals surface area contributed by atoms with Gasteiger partial charge in [-0.15, -0.1) is 0 Å². The monoisotopic (exact) mass is 814 g/mol. The number of aliphatic hydroxyl groups excluding tert-OH is 1. The van der Waals surface area contributed by atoms with Crippen molar-refractivity contribution >= 4 is 40.2 Å². The van der Waals surface area contributed by atoms with Crippen LogP contribution in [0.2, 0.25) is 0 Å². The largest absolute Gasteiger partial charge is 0.506 e. The Morgan fingerprint density at radius 1 is 0.883 bits per heavy atom. The van der Waals surface area contributed by atoms with Crippen LogP contribution in [-0.2, 0) is 20.9 Å². The fraction of sp³-hybridized carbons (Fsp3) is 0.362. The predicted molar refractivity (Wildman–Crippen MR) is 233 cm³/mol. The lowest BCUT2D eigenvalue weighted by Crippen LogP contribution is -2.33. The van der Waals surface area contributed by atoms with Crippen molar-refractivity contribution in [3.05, 3.63) is 125 Å². The van der Waals surface area contributed by atoms with Gasteiger partial charge in [0.05, 0.1) is 17.3 Å². The van der Waals surface area contributed by atoms with Gasteiger partial charge in [0, 0.05) is 81.9 Å². The van der Waals surface area contributed by atoms with Crippen LogP contribution in [-0.4, -0.2) is 88.8 Å². The van der Waals surface area contributed by atoms with Gasteiger partial charge in [-0.2, -0.15) is 0 Å². The highest BCUT2D eigenvalue weighted by atomic mass is 16.6. The zero-order valence-corrected chi connectivity index (χ0v) is 33.9. The number of aromatic hydroxyl groups is 1. The number of hydrogen-bond donors (Lipinski definition) is 6. The summed E-state index contributed by atoms with van der Waals surface area (Å²) < 4.78 is 5.87. The van der Waals surface area contributed by atoms with Crippen LogP contribution in [0.25, 0.3) is 22.0 Å². The second kappa shape index (κ2) is 19.8. The van der Waals surface area contributed by atoms with E-state index in [2.05, 4.69) is 25.8 Å². The highest BCUT2D eigenvalue weighted by Gasteiger charge is 2.42. The first-order valence-corrected chi connectivity index (χ1v) is 20.8. The highest BCUT2D eigenvalue weighted by molar-refractivity contribution is 5.92. The van der Waals surface area contributed by atoms with Crippen molar-refractivity contribution in [1.82, 2.24) is 20.1 Å². The number of amides is 3. The van der Waals surface area contributed by atoms with Gasteiger partial charge in [0.15, 0.2) is 0 Å². The fourth-order valence-electron chi connectivity index (χ4n) is 8.57. The van der Waals surface area contributed by atoms with E-state index in [9.17, 15) is 29.4 Å². The van der Waals surface area contributed by atoms with Crippen molar-refractivity contribution in [3.8, 4) is 16.9 Å². The molecule has 2 unspecified atom stereocenters. The van der Waals surface area contributed by atoms with Crippen molar-refractivity contribution in [2.75, 3.05) is 50.4 Å². The lowest BCUT2D eigenvalue weighted by atomic mass is 10.0. The number of phenols is 1. The number of fused-ring (bicyclic) bond motifs is 2. The van der Waals surface area contributed by atoms with Gasteiger partial charge in [0.2, 0.25) is 17.4 Å². The Labute approximate surface area is 349 Å². The number of carbonyl (C=O) groups is 3. The molecule has 2 fully saturated rings. The molecule has 314 valence electrons. The summed E-state index contributed by atoms with van der Waals surface area (Å²) in [7, 11) is 1.82. The number of aromatic amines is 1. The molecule has 1 aliphatic carbocycles. The maximum atomic E-state index is 13.0. The number of nitrogens with one attached hydrogen (secondary N) is 4. The van der Waals surface area contributed by atoms with Crippen LogP contribution in [0.5, 0.6) is 5.75 Å². The van der Waals surface area contributed by atoms with Gasteiger partial charge in [0.25, 0.3) is 0 Å². The summed E-state index contributed by atoms with van der Waals surface area (Å²) in [5.41, 5.74) is 4.84. The van der Waals surface area contributed by atoms with Crippen molar-refractivity contribution in [2.24, 2.45) is 11.8 Å². The maximum Gasteiger partial charge on any atom is 0.411 e. The normalized spacial score (nSPS) is 17.9. The van der Waals surface area contributed by atoms with Crippen LogP contribution in [0.1, 0.15) is 55.8 Å². The number of para-hydroxylation sites is 1. The summed E-state index contributed by atoms with van der Waals surface area (Å²) in [6.07, 6.45) is 2.39. The molecule has 2 heterocycles. The fourth-order valence-corrected chi connectivity index (χ4v) is 8.57. The summed E-state index contributed by atoms with van der Waals surface area (Å²) in [6.45, 7) is 3.78. The molecule has 60 heavy (non-hydrogen) atoms. The average molecular weight is 815 g/mol. The topological polar surface area (TPSA) is 176 Å². The van der Waals surface area contributed by atoms with Crippen molar-refractivity contribution < 1.29 is 29.3 Å². The van der Waals surface area contributed by atoms with E-state index >= 15 is 0 Å². The molecule has 1 saturated carbocycles. The highest BCUT2D eigenvalue weighted by Crippen LogP contribution is 2.40. The maximum absolute atomic E-state index is 13.0. The molecule has 1 saturated heterocycles. The Kier molecular flexibility index (Phi) is 13.9. The van der Waals surface area contributed by atoms with Crippen LogP contribution in [0.15, 0.2) is 108 Å². The number of rotatable bonds is 17. The number of carbonyl (C=O) groups excluding carboxylic acids is 3. The standard InChI is InChI=1S/C47H54N6O7/c1-52(45(58)21-23-53-29-33-25-36(26-34(33)30-53)60-47(59)50-40-15-6-5-14-37(40)32-11-3-2-4-12-32)22-8-7-16-43(56)49-35-13-9-10-31(24-35)27-48-28-42(55)38-17-19-41(54)46-39(38)18-20-44(57)51-46/h2-6,9-15,17-20,24,33-34,36,42,48,54-55H,7-8,16,21-23,25-30H2,1H3,(H,49,56)(H,50,59)(H,51,57)/t33-,34?,36?,42+/m1/s1. The first-order chi connectivity index (χ1) is 29.1. The lowest BCUT2D eigenvalue weighted by Gasteiger charge is -2.21. The van der Waals surface area contributed by atoms with E-state index in [-0.39, 0.29) is 41.3 Å². The second-order valence-corrected chi connectivity index (χ2v) is 16.0. The quantitative estimate of drug-likeness (QED) is 0.0562. The lowest BCUT2D eigenvalue weighted by molar-refractivity contribution is -0.130. The minimum atomic E-state index is -0.879. The summed E-state index contributed by atoms with van der Waals surface area (Å²) in [5, 5.41) is 30.7. The van der Waals surface area contributed by atoms with Gasteiger partial charge < -0.3 is 40.4 Å². The van der Waals surface area contributed by atoms with Crippen molar-refractivity contribution in [1.29, 1.82) is 0 Å². The Hall–Kier alpha value is -6.02. The van der Waals surface area contributed by atoms with Gasteiger partial charge >= 0.3 is 6.09 Å². The van der Waals surface area contributed by atoms with Crippen LogP contribution in [0, 0.1) is 11.8 Å². The number of aliphatic hydroxyl groups is 1. The van der Waals surface area contributed by atoms with Crippen LogP contribution in [0.3, 0.4) is 0 Å². The van der Waals surface area contributed by atoms with E-state index in [1.165, 1.54) is 12.1 Å². The minimum absolute atomic E-state index is 0.0608. The molecule has 0 radical (unpaired) electrons. The van der Waals surface area contributed by atoms with E-state index in [0.29, 0.717) is 67.4 Å². The van der Waals surface area contributed by atoms with E-state index in [1.807, 2.05) is 85.9 Å². The van der Waals surface area contributed by atoms with Gasteiger partial charge in [-0.05, 0) is 84.5 Å². The average Bonchev–Trinajstić information content (AvgIpc) is 3.80. The molecule has 4 aromatic carbocycles. The van der Waals surface area contributed by atoms with Crippen LogP contribution < -0.4 is 21.5 Å². The molecular formula is C47H54N6O7. The Morgan fingerprint density at radius 2 is 1.65 bits per heavy atom. The number of hydrogen-bond acceptors (Lipinski definition) is 9. The minimum Gasteiger partial charge on any atom is -0.506 e. The smallest absolute Gasteiger partial charge is 0.411 e. The number of nitrogens with zero attached hydrogens (tertiary/aromatic N) is 2. The van der Waals surface area contributed by atoms with E-state index in [1.54, 1.807) is 17.0 Å². The molecule has 0 spiro atoms. The third-order valence-electron chi connectivity index (χ3n) is 11.7. The molecule has 0 bridgehead atoms. The third kappa shape index (κ3) is 11.0. The molecule has 7 rings (SSSR count). The molecule has 1 aromatic heterocycles. The Balaban J connectivity index is 0.752. The number of H-pyrrole nitrogens is 1. The third-order valence-corrected chi connectivity index (χ3v) is 11.7. The Bertz CT molecular complexity index is 2320. The molecule has 13 nitrogen and oxygen atoms in total. The molecule has 4 atom stereocenters. The number of likely N-dealkylation sites (tertiary alicyclic amines) is 1. The number of aromatic nitrogens is 1. The van der Waals surface area contributed by atoms with Crippen molar-refractivity contribution in [3.63, 3.8) is 0 Å². The Morgan fingerprint density at radius 3 is 2.45 bits per heavy atom. The molecule has 6 N–H and O–H groups in total. The number of unbranched alkanes of at least 4 members (excludes halogenated alkanes) is 1. The van der Waals surface area contributed by atoms with Gasteiger partial charge in [-0.1, -0.05) is 66.7 Å². The number of pyridine rings is 1. The molecule has 13 heteroatoms. The molecule has 2 aliphatic rings. The molecule has 1 aliphatic heterocycles. The molecule has 5 aromatic rings. The summed E-state index contributed by atoms with van der Waals surface area (Å²) in [4.78, 5) is 57.0. The first-order valence-electron chi connectivity index (χ1n) is 20.8. The molecular weight excluding hydrogens is 761 g/mol. The SMILES string of the molecule is CN(CCCCC(=O)Nc1cccc(CNC[C@H](O)c2ccc(O)c3[nH]c(=O)ccc23)c1)C(=O)CCN1CC2CC(OC(=O)Nc3ccccc3-c3ccccc3)C[C@@H]2C1. The predicted octanol–water partition coefficient (Wildman–Crippen LogP) is 6.64. The zero-order chi connectivity index (χ0) is 42.0. The van der Waals surface area contributed by atoms with Crippen LogP contribution in [0.4, 0.5) is 16.2 Å². The van der Waals surface area contributed by atoms with Crippen LogP contribution >= 0.6 is 0 Å². The summed E-state index contributed by atoms with van der Waals surface area (Å²) >= 11 is 0. The second-order valence-electron chi connectivity index (χ2n) is 16.0. The van der Waals surface area contributed by atoms with E-state index < -0.39 is 12.2 Å². The number of ether oxygens (including phenoxy) is 1. The van der Waals surface area contributed by atoms with Gasteiger partial charge in [0.1, 0.15) is 11.9 Å². The molecule has 3 amide bonds. The number of benzene rings is 4. The first kappa shape index (κ1) is 42.1. The number of anilines is 2. The van der Waals surface area contributed by atoms with E-state index in [4.69, 9.17) is 4.74 Å². The van der Waals surface area contributed by atoms with E-state index in [0.717, 1.165) is 54.7 Å². The van der Waals surface area contributed by atoms with Gasteiger partial charge in [-0.3, -0.25) is 19.7 Å². The number of phenolic OH excluding ortho intramolecular Hbond substituents is 1. The zero-order valence-electron chi connectivity index (χ0n) is 33.9. The van der Waals surface area contributed by atoms with Crippen molar-refractivity contribution in [2.45, 2.75) is 57.3 Å². The summed E-state index contributed by atoms with van der Waals surface area (Å²) in [5.74, 6) is 0.838.